The standard InChI is InChI=1S/C27H35NSi/c1-20-10-15-23(16-11-20)29(28-27(3,4)5,24-17-12-21(2)13-18-24)26-19-14-22-8-6-7-9-25(22)26/h6-13,15-18,22,25-26,28H,14,19H2,1-5H3. The molecule has 0 aromatic heterocycles. The average Bonchev–Trinajstić information content (AvgIpc) is 3.11. The van der Waals surface area contributed by atoms with Crippen LogP contribution >= 0.6 is 0 Å². The molecule has 1 nitrogen and oxygen atoms in total. The Balaban J connectivity index is 1.94. The SMILES string of the molecule is Cc1ccc([Si](NC(C)(C)C)(c2ccc(C)cc2)C2CCC3C=CC=CC32)cc1. The molecule has 152 valence electrons. The summed E-state index contributed by atoms with van der Waals surface area (Å²) in [4.78, 5) is 4.30. The second-order valence-corrected chi connectivity index (χ2v) is 13.9. The van der Waals surface area contributed by atoms with E-state index in [1.165, 1.54) is 34.3 Å². The van der Waals surface area contributed by atoms with E-state index in [0.29, 0.717) is 17.4 Å². The van der Waals surface area contributed by atoms with Gasteiger partial charge in [0, 0.05) is 5.54 Å². The largest absolute Gasteiger partial charge is 0.325 e. The van der Waals surface area contributed by atoms with Gasteiger partial charge in [0.2, 0.25) is 0 Å². The highest BCUT2D eigenvalue weighted by Gasteiger charge is 2.53. The van der Waals surface area contributed by atoms with Crippen LogP contribution in [0.2, 0.25) is 5.54 Å². The average molecular weight is 402 g/mol. The Labute approximate surface area is 178 Å². The van der Waals surface area contributed by atoms with Gasteiger partial charge in [-0.2, -0.15) is 0 Å². The normalized spacial score (nSPS) is 24.0. The molecule has 0 spiro atoms. The van der Waals surface area contributed by atoms with Crippen molar-refractivity contribution in [1.29, 1.82) is 0 Å². The summed E-state index contributed by atoms with van der Waals surface area (Å²) in [6.07, 6.45) is 12.1. The Hall–Kier alpha value is -1.90. The Morgan fingerprint density at radius 3 is 1.79 bits per heavy atom. The van der Waals surface area contributed by atoms with Crippen molar-refractivity contribution in [2.45, 2.75) is 58.5 Å². The monoisotopic (exact) mass is 401 g/mol. The highest BCUT2D eigenvalue weighted by atomic mass is 28.3. The molecule has 2 aliphatic carbocycles. The molecular formula is C27H35NSi. The third-order valence-electron chi connectivity index (χ3n) is 6.71. The van der Waals surface area contributed by atoms with Crippen LogP contribution in [0.1, 0.15) is 44.7 Å². The van der Waals surface area contributed by atoms with Gasteiger partial charge < -0.3 is 4.98 Å². The van der Waals surface area contributed by atoms with Gasteiger partial charge in [0.05, 0.1) is 0 Å². The predicted octanol–water partition coefficient (Wildman–Crippen LogP) is 5.27. The first-order valence-corrected chi connectivity index (χ1v) is 13.2. The molecule has 1 fully saturated rings. The van der Waals surface area contributed by atoms with Crippen LogP contribution in [-0.2, 0) is 0 Å². The zero-order valence-corrected chi connectivity index (χ0v) is 19.6. The Morgan fingerprint density at radius 2 is 1.28 bits per heavy atom. The van der Waals surface area contributed by atoms with Crippen LogP contribution in [-0.4, -0.2) is 13.8 Å². The molecule has 1 N–H and O–H groups in total. The van der Waals surface area contributed by atoms with Gasteiger partial charge in [-0.25, -0.2) is 0 Å². The maximum atomic E-state index is 4.30. The fourth-order valence-corrected chi connectivity index (χ4v) is 11.3. The van der Waals surface area contributed by atoms with Gasteiger partial charge in [-0.05, 0) is 75.2 Å². The first-order valence-electron chi connectivity index (χ1n) is 11.1. The van der Waals surface area contributed by atoms with Crippen molar-refractivity contribution in [3.8, 4) is 0 Å². The molecule has 4 rings (SSSR count). The number of hydrogen-bond acceptors (Lipinski definition) is 1. The van der Waals surface area contributed by atoms with E-state index >= 15 is 0 Å². The number of fused-ring (bicyclic) bond motifs is 1. The van der Waals surface area contributed by atoms with Crippen molar-refractivity contribution in [1.82, 2.24) is 4.98 Å². The zero-order valence-electron chi connectivity index (χ0n) is 18.6. The van der Waals surface area contributed by atoms with Crippen LogP contribution in [0, 0.1) is 25.7 Å². The van der Waals surface area contributed by atoms with E-state index in [4.69, 9.17) is 0 Å². The van der Waals surface area contributed by atoms with Crippen LogP contribution in [0.15, 0.2) is 72.8 Å². The summed E-state index contributed by atoms with van der Waals surface area (Å²) in [6, 6.07) is 18.9. The fraction of sp³-hybridized carbons (Fsp3) is 0.407. The third-order valence-corrected chi connectivity index (χ3v) is 12.1. The lowest BCUT2D eigenvalue weighted by Crippen LogP contribution is -2.75. The van der Waals surface area contributed by atoms with Crippen LogP contribution in [0.4, 0.5) is 0 Å². The maximum Gasteiger partial charge on any atom is 0.194 e. The molecule has 2 heteroatoms. The minimum absolute atomic E-state index is 0.0499. The number of benzene rings is 2. The number of rotatable bonds is 4. The van der Waals surface area contributed by atoms with Crippen molar-refractivity contribution in [2.24, 2.45) is 11.8 Å². The molecule has 0 radical (unpaired) electrons. The van der Waals surface area contributed by atoms with Gasteiger partial charge in [0.15, 0.2) is 8.24 Å². The molecule has 0 aliphatic heterocycles. The Morgan fingerprint density at radius 1 is 0.759 bits per heavy atom. The van der Waals surface area contributed by atoms with E-state index in [-0.39, 0.29) is 5.54 Å². The Bertz CT molecular complexity index is 854. The number of allylic oxidation sites excluding steroid dienone is 4. The topological polar surface area (TPSA) is 12.0 Å². The first kappa shape index (κ1) is 20.4. The summed E-state index contributed by atoms with van der Waals surface area (Å²) < 4.78 is 0. The van der Waals surface area contributed by atoms with E-state index < -0.39 is 8.24 Å². The van der Waals surface area contributed by atoms with Gasteiger partial charge in [-0.15, -0.1) is 0 Å². The summed E-state index contributed by atoms with van der Waals surface area (Å²) in [7, 11) is -2.24. The second-order valence-electron chi connectivity index (χ2n) is 10.1. The lowest BCUT2D eigenvalue weighted by atomic mass is 9.92. The fourth-order valence-electron chi connectivity index (χ4n) is 5.52. The molecule has 1 saturated carbocycles. The van der Waals surface area contributed by atoms with Gasteiger partial charge >= 0.3 is 0 Å². The summed E-state index contributed by atoms with van der Waals surface area (Å²) in [6.45, 7) is 11.4. The molecule has 2 aliphatic rings. The Kier molecular flexibility index (Phi) is 5.43. The van der Waals surface area contributed by atoms with E-state index in [1.54, 1.807) is 0 Å². The number of hydrogen-bond donors (Lipinski definition) is 1. The smallest absolute Gasteiger partial charge is 0.194 e. The molecule has 0 bridgehead atoms. The molecule has 0 saturated heterocycles. The van der Waals surface area contributed by atoms with E-state index in [1.807, 2.05) is 0 Å². The van der Waals surface area contributed by atoms with Gasteiger partial charge in [0.1, 0.15) is 0 Å². The van der Waals surface area contributed by atoms with Crippen LogP contribution in [0.5, 0.6) is 0 Å². The summed E-state index contributed by atoms with van der Waals surface area (Å²) in [5.74, 6) is 1.32. The number of aryl methyl sites for hydroxylation is 2. The number of nitrogens with one attached hydrogen (secondary N) is 1. The third kappa shape index (κ3) is 3.93. The highest BCUT2D eigenvalue weighted by Crippen LogP contribution is 2.48. The molecular weight excluding hydrogens is 366 g/mol. The zero-order chi connectivity index (χ0) is 20.6. The highest BCUT2D eigenvalue weighted by molar-refractivity contribution is 7.01. The van der Waals surface area contributed by atoms with E-state index in [2.05, 4.69) is 112 Å². The van der Waals surface area contributed by atoms with Crippen molar-refractivity contribution in [3.05, 3.63) is 84.0 Å². The maximum absolute atomic E-state index is 4.30. The minimum Gasteiger partial charge on any atom is -0.325 e. The summed E-state index contributed by atoms with van der Waals surface area (Å²) >= 11 is 0. The van der Waals surface area contributed by atoms with Crippen molar-refractivity contribution < 1.29 is 0 Å². The van der Waals surface area contributed by atoms with Crippen LogP contribution in [0.3, 0.4) is 0 Å². The quantitative estimate of drug-likeness (QED) is 0.688. The molecule has 3 atom stereocenters. The van der Waals surface area contributed by atoms with Crippen LogP contribution < -0.4 is 15.4 Å². The van der Waals surface area contributed by atoms with E-state index in [0.717, 1.165) is 0 Å². The lowest BCUT2D eigenvalue weighted by Gasteiger charge is -2.46. The molecule has 0 amide bonds. The summed E-state index contributed by atoms with van der Waals surface area (Å²) in [5, 5.41) is 3.05. The molecule has 3 unspecified atom stereocenters. The first-order chi connectivity index (χ1) is 13.8. The van der Waals surface area contributed by atoms with Crippen LogP contribution in [0.25, 0.3) is 0 Å². The second kappa shape index (κ2) is 7.74. The minimum atomic E-state index is -2.24. The molecule has 0 heterocycles. The van der Waals surface area contributed by atoms with Crippen molar-refractivity contribution in [2.75, 3.05) is 0 Å². The summed E-state index contributed by atoms with van der Waals surface area (Å²) in [5.41, 5.74) is 3.37. The van der Waals surface area contributed by atoms with Crippen molar-refractivity contribution >= 4 is 18.6 Å². The lowest BCUT2D eigenvalue weighted by molar-refractivity contribution is 0.493. The molecule has 2 aromatic rings. The van der Waals surface area contributed by atoms with Gasteiger partial charge in [-0.3, -0.25) is 0 Å². The van der Waals surface area contributed by atoms with Gasteiger partial charge in [-0.1, -0.05) is 84.0 Å². The predicted molar refractivity (Wildman–Crippen MR) is 129 cm³/mol. The molecule has 29 heavy (non-hydrogen) atoms. The van der Waals surface area contributed by atoms with E-state index in [9.17, 15) is 0 Å². The van der Waals surface area contributed by atoms with Gasteiger partial charge in [0.25, 0.3) is 0 Å². The van der Waals surface area contributed by atoms with Crippen molar-refractivity contribution in [3.63, 3.8) is 0 Å². The molecule has 2 aromatic carbocycles.